The van der Waals surface area contributed by atoms with Crippen LogP contribution in [0.2, 0.25) is 0 Å². The molecule has 56 heavy (non-hydrogen) atoms. The van der Waals surface area contributed by atoms with Crippen molar-refractivity contribution < 1.29 is 40.6 Å². The van der Waals surface area contributed by atoms with Crippen LogP contribution in [0.4, 0.5) is 42.0 Å². The van der Waals surface area contributed by atoms with Gasteiger partial charge in [-0.2, -0.15) is 28.4 Å². The second-order valence-electron chi connectivity index (χ2n) is 15.1. The fourth-order valence-electron chi connectivity index (χ4n) is 9.19. The number of nitriles is 1. The molecule has 2 N–H and O–H groups in total. The number of likely N-dealkylation sites (tertiary alicyclic amines) is 2. The molecule has 4 aliphatic rings. The number of anilines is 2. The number of rotatable bonds is 8. The maximum atomic E-state index is 17.4. The van der Waals surface area contributed by atoms with Crippen LogP contribution in [0, 0.1) is 23.0 Å². The first-order chi connectivity index (χ1) is 26.7. The maximum Gasteiger partial charge on any atom is 0.417 e. The average Bonchev–Trinajstić information content (AvgIpc) is 3.88. The number of aromatic nitrogens is 2. The lowest BCUT2D eigenvalue weighted by atomic mass is 9.92. The minimum absolute atomic E-state index is 0.0295. The number of carbonyl (C=O) groups is 1. The fraction of sp³-hybridized carbons (Fsp3) is 0.526. The molecule has 0 bridgehead atoms. The summed E-state index contributed by atoms with van der Waals surface area (Å²) in [4.78, 5) is 29.7. The molecular weight excluding hydrogens is 763 g/mol. The third-order valence-electron chi connectivity index (χ3n) is 12.1. The summed E-state index contributed by atoms with van der Waals surface area (Å²) in [5.74, 6) is -2.24. The number of carbonyl (C=O) groups excluding carboxylic acids is 1. The summed E-state index contributed by atoms with van der Waals surface area (Å²) >= 11 is 0.680. The van der Waals surface area contributed by atoms with Crippen LogP contribution in [0.5, 0.6) is 6.01 Å². The predicted octanol–water partition coefficient (Wildman–Crippen LogP) is 6.96. The Bertz CT molecular complexity index is 2260. The number of halogens is 6. The predicted molar refractivity (Wildman–Crippen MR) is 198 cm³/mol. The molecule has 4 saturated heterocycles. The van der Waals surface area contributed by atoms with Crippen molar-refractivity contribution in [2.75, 3.05) is 63.6 Å². The highest BCUT2D eigenvalue weighted by Gasteiger charge is 2.50. The summed E-state index contributed by atoms with van der Waals surface area (Å²) in [6, 6.07) is 3.17. The monoisotopic (exact) mass is 802 g/mol. The Morgan fingerprint density at radius 2 is 1.96 bits per heavy atom. The molecule has 4 fully saturated rings. The summed E-state index contributed by atoms with van der Waals surface area (Å²) in [6.07, 6.45) is -4.12. The molecule has 0 aliphatic carbocycles. The minimum atomic E-state index is -5.14. The van der Waals surface area contributed by atoms with Gasteiger partial charge >= 0.3 is 18.2 Å². The van der Waals surface area contributed by atoms with Gasteiger partial charge in [0.2, 0.25) is 0 Å². The molecule has 298 valence electrons. The second-order valence-corrected chi connectivity index (χ2v) is 16.1. The van der Waals surface area contributed by atoms with E-state index in [9.17, 15) is 14.4 Å². The molecule has 0 radical (unpaired) electrons. The van der Waals surface area contributed by atoms with Gasteiger partial charge in [0, 0.05) is 49.5 Å². The van der Waals surface area contributed by atoms with Gasteiger partial charge in [-0.3, -0.25) is 4.90 Å². The van der Waals surface area contributed by atoms with Crippen LogP contribution in [-0.2, 0) is 10.9 Å². The zero-order valence-electron chi connectivity index (χ0n) is 30.9. The summed E-state index contributed by atoms with van der Waals surface area (Å²) < 4.78 is 104. The van der Waals surface area contributed by atoms with Crippen LogP contribution >= 0.6 is 11.3 Å². The largest absolute Gasteiger partial charge is 0.461 e. The van der Waals surface area contributed by atoms with E-state index < -0.39 is 58.2 Å². The topological polar surface area (TPSA) is 124 Å². The molecule has 11 nitrogen and oxygen atoms in total. The van der Waals surface area contributed by atoms with Gasteiger partial charge in [-0.1, -0.05) is 6.07 Å². The van der Waals surface area contributed by atoms with Crippen molar-refractivity contribution in [2.24, 2.45) is 0 Å². The molecule has 0 saturated carbocycles. The molecule has 2 aromatic carbocycles. The highest BCUT2D eigenvalue weighted by Crippen LogP contribution is 2.49. The third-order valence-corrected chi connectivity index (χ3v) is 13.1. The number of methoxy groups -OCH3 is 1. The van der Waals surface area contributed by atoms with Crippen molar-refractivity contribution in [3.8, 4) is 23.2 Å². The number of amides is 2. The van der Waals surface area contributed by atoms with Crippen LogP contribution in [-0.4, -0.2) is 114 Å². The number of urea groups is 1. The summed E-state index contributed by atoms with van der Waals surface area (Å²) in [6.45, 7) is 5.99. The second kappa shape index (κ2) is 14.1. The number of fused-ring (bicyclic) bond motifs is 3. The van der Waals surface area contributed by atoms with Gasteiger partial charge < -0.3 is 29.9 Å². The molecule has 4 atom stereocenters. The zero-order chi connectivity index (χ0) is 39.8. The van der Waals surface area contributed by atoms with Crippen molar-refractivity contribution >= 4 is 49.2 Å². The van der Waals surface area contributed by atoms with E-state index in [4.69, 9.17) is 15.2 Å². The van der Waals surface area contributed by atoms with Gasteiger partial charge in [0.15, 0.2) is 5.82 Å². The van der Waals surface area contributed by atoms with Gasteiger partial charge in [-0.05, 0) is 57.4 Å². The number of ether oxygens (including phenoxy) is 2. The standard InChI is InChI=1S/C38H40F6N8O3S/c1-4-51(27-8-11-52(19(27)2)36(53)49-16-21(17-49)54-3)34-23-12-25(38(42,43)44)29(22-6-7-26(40)32-28(22)24(14-45)33(46)56-32)30(41)31(23)47-35(48-34)55-18-37-9-5-10-50(37)15-20(39)13-37/h6-7,12,19-21,27H,4-5,8-11,13,15-18,46H2,1-3H3. The lowest BCUT2D eigenvalue weighted by molar-refractivity contribution is -0.137. The zero-order valence-corrected chi connectivity index (χ0v) is 31.7. The van der Waals surface area contributed by atoms with Gasteiger partial charge in [-0.15, -0.1) is 11.3 Å². The Morgan fingerprint density at radius 3 is 2.66 bits per heavy atom. The number of nitrogen functional groups attached to an aromatic ring is 1. The first kappa shape index (κ1) is 38.3. The number of likely N-dealkylation sites (N-methyl/N-ethyl adjacent to an activating group) is 1. The first-order valence-corrected chi connectivity index (χ1v) is 19.4. The van der Waals surface area contributed by atoms with E-state index in [0.717, 1.165) is 24.6 Å². The van der Waals surface area contributed by atoms with Gasteiger partial charge in [0.1, 0.15) is 41.0 Å². The van der Waals surface area contributed by atoms with Crippen LogP contribution in [0.25, 0.3) is 32.1 Å². The van der Waals surface area contributed by atoms with Crippen molar-refractivity contribution in [3.05, 3.63) is 41.0 Å². The molecule has 2 aromatic heterocycles. The van der Waals surface area contributed by atoms with E-state index in [0.29, 0.717) is 50.4 Å². The Kier molecular flexibility index (Phi) is 9.64. The molecule has 18 heteroatoms. The summed E-state index contributed by atoms with van der Waals surface area (Å²) in [5.41, 5.74) is 1.89. The Hall–Kier alpha value is -4.60. The van der Waals surface area contributed by atoms with Crippen LogP contribution in [0.1, 0.15) is 50.7 Å². The Labute approximate surface area is 322 Å². The molecular formula is C38H40F6N8O3S. The number of thiophene rings is 1. The number of nitrogens with two attached hydrogens (primary N) is 1. The van der Waals surface area contributed by atoms with Gasteiger partial charge in [-0.25, -0.2) is 18.0 Å². The van der Waals surface area contributed by atoms with Crippen LogP contribution in [0.15, 0.2) is 18.2 Å². The van der Waals surface area contributed by atoms with Crippen LogP contribution in [0.3, 0.4) is 0 Å². The average molecular weight is 803 g/mol. The number of hydrogen-bond acceptors (Lipinski definition) is 10. The van der Waals surface area contributed by atoms with Crippen molar-refractivity contribution in [1.29, 1.82) is 5.26 Å². The van der Waals surface area contributed by atoms with E-state index in [1.54, 1.807) is 28.7 Å². The Morgan fingerprint density at radius 1 is 1.20 bits per heavy atom. The molecule has 2 amide bonds. The van der Waals surface area contributed by atoms with E-state index >= 15 is 22.0 Å². The number of alkyl halides is 4. The van der Waals surface area contributed by atoms with E-state index in [1.165, 1.54) is 0 Å². The highest BCUT2D eigenvalue weighted by molar-refractivity contribution is 7.23. The first-order valence-electron chi connectivity index (χ1n) is 18.6. The fourth-order valence-corrected chi connectivity index (χ4v) is 10.1. The lowest BCUT2D eigenvalue weighted by Crippen LogP contribution is -2.59. The van der Waals surface area contributed by atoms with E-state index in [2.05, 4.69) is 9.97 Å². The summed E-state index contributed by atoms with van der Waals surface area (Å²) in [7, 11) is 1.58. The lowest BCUT2D eigenvalue weighted by Gasteiger charge is -2.42. The van der Waals surface area contributed by atoms with Crippen molar-refractivity contribution in [1.82, 2.24) is 24.7 Å². The molecule has 4 aliphatic heterocycles. The summed E-state index contributed by atoms with van der Waals surface area (Å²) in [5, 5.41) is 9.28. The number of nitrogens with zero attached hydrogens (tertiary/aromatic N) is 7. The Balaban J connectivity index is 1.29. The van der Waals surface area contributed by atoms with Crippen molar-refractivity contribution in [2.45, 2.75) is 75.6 Å². The molecule has 0 spiro atoms. The quantitative estimate of drug-likeness (QED) is 0.189. The minimum Gasteiger partial charge on any atom is -0.461 e. The molecule has 6 heterocycles. The van der Waals surface area contributed by atoms with Gasteiger partial charge in [0.05, 0.1) is 52.6 Å². The van der Waals surface area contributed by atoms with E-state index in [1.807, 2.05) is 17.9 Å². The number of benzene rings is 2. The molecule has 8 rings (SSSR count). The van der Waals surface area contributed by atoms with Crippen molar-refractivity contribution in [3.63, 3.8) is 0 Å². The van der Waals surface area contributed by atoms with Gasteiger partial charge in [0.25, 0.3) is 0 Å². The molecule has 4 unspecified atom stereocenters. The van der Waals surface area contributed by atoms with Crippen LogP contribution < -0.4 is 15.4 Å². The number of hydrogen-bond donors (Lipinski definition) is 1. The third kappa shape index (κ3) is 6.13. The normalized spacial score (nSPS) is 24.2. The smallest absolute Gasteiger partial charge is 0.417 e. The van der Waals surface area contributed by atoms with E-state index in [-0.39, 0.29) is 81.7 Å². The highest BCUT2D eigenvalue weighted by atomic mass is 32.1. The maximum absolute atomic E-state index is 17.4. The molecule has 4 aromatic rings. The SMILES string of the molecule is CCN(c1nc(OCC23CCCN2CC(F)C3)nc2c(F)c(-c3ccc(F)c4sc(N)c(C#N)c34)c(C(F)(F)F)cc12)C1CCN(C(=O)N2CC(OC)C2)C1C.